The summed E-state index contributed by atoms with van der Waals surface area (Å²) in [6.45, 7) is 1.46. The van der Waals surface area contributed by atoms with E-state index < -0.39 is 20.7 Å². The molecule has 0 bridgehead atoms. The normalized spacial score (nSPS) is 11.3. The van der Waals surface area contributed by atoms with Crippen LogP contribution in [0, 0.1) is 12.7 Å². The van der Waals surface area contributed by atoms with Crippen molar-refractivity contribution in [2.45, 2.75) is 11.8 Å². The number of sulfonamides is 1. The standard InChI is InChI=1S/C13H12BrFN2O2S/c1-8-6-9(16)7-12(13(8)15)20(18,19)17-11-5-3-2-4-10(11)14/h2-7,17H,16H2,1H3. The van der Waals surface area contributed by atoms with Gasteiger partial charge in [-0.25, -0.2) is 12.8 Å². The maximum absolute atomic E-state index is 14.0. The zero-order chi connectivity index (χ0) is 14.9. The molecule has 106 valence electrons. The molecular weight excluding hydrogens is 347 g/mol. The van der Waals surface area contributed by atoms with E-state index >= 15 is 0 Å². The summed E-state index contributed by atoms with van der Waals surface area (Å²) in [6.07, 6.45) is 0. The van der Waals surface area contributed by atoms with Crippen LogP contribution >= 0.6 is 15.9 Å². The minimum atomic E-state index is -4.05. The van der Waals surface area contributed by atoms with Gasteiger partial charge in [-0.2, -0.15) is 0 Å². The first-order valence-corrected chi connectivity index (χ1v) is 7.92. The van der Waals surface area contributed by atoms with Crippen molar-refractivity contribution in [1.82, 2.24) is 0 Å². The van der Waals surface area contributed by atoms with Crippen LogP contribution in [0.3, 0.4) is 0 Å². The van der Waals surface area contributed by atoms with Gasteiger partial charge in [-0.3, -0.25) is 4.72 Å². The number of aryl methyl sites for hydroxylation is 1. The lowest BCUT2D eigenvalue weighted by Crippen LogP contribution is -2.16. The van der Waals surface area contributed by atoms with Crippen LogP contribution in [0.4, 0.5) is 15.8 Å². The van der Waals surface area contributed by atoms with Gasteiger partial charge < -0.3 is 5.73 Å². The van der Waals surface area contributed by atoms with Crippen LogP contribution in [0.1, 0.15) is 5.56 Å². The number of hydrogen-bond donors (Lipinski definition) is 2. The molecule has 0 aliphatic heterocycles. The Morgan fingerprint density at radius 1 is 1.25 bits per heavy atom. The fourth-order valence-corrected chi connectivity index (χ4v) is 3.48. The molecule has 7 heteroatoms. The molecule has 0 saturated heterocycles. The predicted octanol–water partition coefficient (Wildman–Crippen LogP) is 3.28. The van der Waals surface area contributed by atoms with E-state index in [4.69, 9.17) is 5.73 Å². The van der Waals surface area contributed by atoms with Gasteiger partial charge in [0.15, 0.2) is 0 Å². The first kappa shape index (κ1) is 14.8. The molecule has 0 saturated carbocycles. The zero-order valence-corrected chi connectivity index (χ0v) is 12.9. The van der Waals surface area contributed by atoms with Crippen LogP contribution in [0.15, 0.2) is 45.8 Å². The van der Waals surface area contributed by atoms with Gasteiger partial charge >= 0.3 is 0 Å². The third-order valence-corrected chi connectivity index (χ3v) is 4.71. The lowest BCUT2D eigenvalue weighted by molar-refractivity contribution is 0.565. The Labute approximate surface area is 125 Å². The number of rotatable bonds is 3. The van der Waals surface area contributed by atoms with Crippen molar-refractivity contribution in [1.29, 1.82) is 0 Å². The fourth-order valence-electron chi connectivity index (χ4n) is 1.70. The molecular formula is C13H12BrFN2O2S. The second kappa shape index (κ2) is 5.41. The van der Waals surface area contributed by atoms with Gasteiger partial charge in [-0.15, -0.1) is 0 Å². The van der Waals surface area contributed by atoms with Crippen molar-refractivity contribution in [2.75, 3.05) is 10.5 Å². The predicted molar refractivity (Wildman–Crippen MR) is 80.5 cm³/mol. The highest BCUT2D eigenvalue weighted by atomic mass is 79.9. The second-order valence-corrected chi connectivity index (χ2v) is 6.74. The summed E-state index contributed by atoms with van der Waals surface area (Å²) >= 11 is 3.22. The molecule has 0 fully saturated rings. The lowest BCUT2D eigenvalue weighted by Gasteiger charge is -2.12. The smallest absolute Gasteiger partial charge is 0.264 e. The van der Waals surface area contributed by atoms with E-state index in [-0.39, 0.29) is 11.3 Å². The Morgan fingerprint density at radius 3 is 2.55 bits per heavy atom. The maximum atomic E-state index is 14.0. The largest absolute Gasteiger partial charge is 0.399 e. The second-order valence-electron chi connectivity index (χ2n) is 4.24. The van der Waals surface area contributed by atoms with Crippen LogP contribution in [0.25, 0.3) is 0 Å². The summed E-state index contributed by atoms with van der Waals surface area (Å²) in [6, 6.07) is 9.14. The first-order valence-electron chi connectivity index (χ1n) is 5.64. The summed E-state index contributed by atoms with van der Waals surface area (Å²) in [5, 5.41) is 0. The first-order chi connectivity index (χ1) is 9.31. The van der Waals surface area contributed by atoms with Crippen molar-refractivity contribution in [3.05, 3.63) is 52.3 Å². The molecule has 0 unspecified atom stereocenters. The quantitative estimate of drug-likeness (QED) is 0.827. The van der Waals surface area contributed by atoms with Gasteiger partial charge in [0.25, 0.3) is 10.0 Å². The Bertz CT molecular complexity index is 763. The monoisotopic (exact) mass is 358 g/mol. The third-order valence-electron chi connectivity index (χ3n) is 2.65. The van der Waals surface area contributed by atoms with E-state index in [1.807, 2.05) is 0 Å². The van der Waals surface area contributed by atoms with E-state index in [1.165, 1.54) is 13.0 Å². The van der Waals surface area contributed by atoms with Crippen molar-refractivity contribution in [3.63, 3.8) is 0 Å². The van der Waals surface area contributed by atoms with Gasteiger partial charge in [0.05, 0.1) is 5.69 Å². The summed E-state index contributed by atoms with van der Waals surface area (Å²) < 4.78 is 41.4. The molecule has 0 heterocycles. The molecule has 0 aromatic heterocycles. The highest BCUT2D eigenvalue weighted by Gasteiger charge is 2.22. The third kappa shape index (κ3) is 2.94. The van der Waals surface area contributed by atoms with E-state index in [9.17, 15) is 12.8 Å². The van der Waals surface area contributed by atoms with E-state index in [0.717, 1.165) is 6.07 Å². The fraction of sp³-hybridized carbons (Fsp3) is 0.0769. The van der Waals surface area contributed by atoms with Gasteiger partial charge in [0, 0.05) is 10.2 Å². The number of para-hydroxylation sites is 1. The Morgan fingerprint density at radius 2 is 1.90 bits per heavy atom. The minimum Gasteiger partial charge on any atom is -0.399 e. The Kier molecular flexibility index (Phi) is 4.01. The van der Waals surface area contributed by atoms with Gasteiger partial charge in [-0.1, -0.05) is 12.1 Å². The molecule has 0 amide bonds. The van der Waals surface area contributed by atoms with Crippen molar-refractivity contribution in [3.8, 4) is 0 Å². The number of anilines is 2. The van der Waals surface area contributed by atoms with Crippen molar-refractivity contribution in [2.24, 2.45) is 0 Å². The molecule has 2 rings (SSSR count). The number of nitrogens with two attached hydrogens (primary N) is 1. The van der Waals surface area contributed by atoms with Gasteiger partial charge in [0.1, 0.15) is 10.7 Å². The van der Waals surface area contributed by atoms with Crippen molar-refractivity contribution < 1.29 is 12.8 Å². The molecule has 0 aliphatic rings. The summed E-state index contributed by atoms with van der Waals surface area (Å²) in [4.78, 5) is -0.467. The van der Waals surface area contributed by atoms with Crippen LogP contribution in [-0.2, 0) is 10.0 Å². The zero-order valence-electron chi connectivity index (χ0n) is 10.5. The van der Waals surface area contributed by atoms with Crippen molar-refractivity contribution >= 4 is 37.3 Å². The minimum absolute atomic E-state index is 0.178. The number of benzene rings is 2. The molecule has 3 N–H and O–H groups in total. The Balaban J connectivity index is 2.49. The average molecular weight is 359 g/mol. The summed E-state index contributed by atoms with van der Waals surface area (Å²) in [5.41, 5.74) is 6.28. The molecule has 0 radical (unpaired) electrons. The van der Waals surface area contributed by atoms with E-state index in [1.54, 1.807) is 24.3 Å². The van der Waals surface area contributed by atoms with E-state index in [2.05, 4.69) is 20.7 Å². The van der Waals surface area contributed by atoms with Crippen LogP contribution in [-0.4, -0.2) is 8.42 Å². The molecule has 2 aromatic carbocycles. The number of nitrogen functional groups attached to an aromatic ring is 1. The SMILES string of the molecule is Cc1cc(N)cc(S(=O)(=O)Nc2ccccc2Br)c1F. The number of nitrogens with one attached hydrogen (secondary N) is 1. The highest BCUT2D eigenvalue weighted by molar-refractivity contribution is 9.10. The molecule has 0 aliphatic carbocycles. The molecule has 4 nitrogen and oxygen atoms in total. The highest BCUT2D eigenvalue weighted by Crippen LogP contribution is 2.27. The summed E-state index contributed by atoms with van der Waals surface area (Å²) in [5.74, 6) is -0.807. The topological polar surface area (TPSA) is 72.2 Å². The maximum Gasteiger partial charge on any atom is 0.264 e. The van der Waals surface area contributed by atoms with E-state index in [0.29, 0.717) is 10.2 Å². The van der Waals surface area contributed by atoms with Crippen LogP contribution in [0.2, 0.25) is 0 Å². The average Bonchev–Trinajstić information content (AvgIpc) is 2.36. The molecule has 0 atom stereocenters. The molecule has 0 spiro atoms. The molecule has 20 heavy (non-hydrogen) atoms. The van der Waals surface area contributed by atoms with Crippen LogP contribution in [0.5, 0.6) is 0 Å². The lowest BCUT2D eigenvalue weighted by atomic mass is 10.2. The van der Waals surface area contributed by atoms with Gasteiger partial charge in [-0.05, 0) is 52.7 Å². The number of halogens is 2. The number of hydrogen-bond acceptors (Lipinski definition) is 3. The Hall–Kier alpha value is -1.60. The van der Waals surface area contributed by atoms with Crippen LogP contribution < -0.4 is 10.5 Å². The molecule has 2 aromatic rings. The van der Waals surface area contributed by atoms with Gasteiger partial charge in [0.2, 0.25) is 0 Å². The summed E-state index contributed by atoms with van der Waals surface area (Å²) in [7, 11) is -4.05.